The van der Waals surface area contributed by atoms with Crippen LogP contribution in [0.5, 0.6) is 5.75 Å². The molecule has 1 aliphatic rings. The maximum absolute atomic E-state index is 6.08. The summed E-state index contributed by atoms with van der Waals surface area (Å²) < 4.78 is 5.80. The van der Waals surface area contributed by atoms with E-state index in [1.165, 1.54) is 0 Å². The normalized spacial score (nSPS) is 24.7. The third kappa shape index (κ3) is 2.44. The Bertz CT molecular complexity index is 347. The second-order valence-electron chi connectivity index (χ2n) is 4.13. The van der Waals surface area contributed by atoms with Crippen LogP contribution in [0.1, 0.15) is 18.4 Å². The first-order valence-corrected chi connectivity index (χ1v) is 5.67. The molecule has 1 saturated carbocycles. The predicted molar refractivity (Wildman–Crippen MR) is 62.7 cm³/mol. The number of ether oxygens (including phenoxy) is 1. The minimum Gasteiger partial charge on any atom is -0.489 e. The summed E-state index contributed by atoms with van der Waals surface area (Å²) in [4.78, 5) is 0. The van der Waals surface area contributed by atoms with Crippen LogP contribution in [0.4, 0.5) is 0 Å². The molecule has 1 aromatic rings. The molecular weight excluding hydrogens is 210 g/mol. The summed E-state index contributed by atoms with van der Waals surface area (Å²) in [7, 11) is 1.99. The van der Waals surface area contributed by atoms with Crippen molar-refractivity contribution in [1.82, 2.24) is 5.32 Å². The first kappa shape index (κ1) is 10.8. The van der Waals surface area contributed by atoms with Crippen molar-refractivity contribution in [3.63, 3.8) is 0 Å². The van der Waals surface area contributed by atoms with E-state index in [9.17, 15) is 0 Å². The molecule has 82 valence electrons. The van der Waals surface area contributed by atoms with E-state index in [1.54, 1.807) is 0 Å². The van der Waals surface area contributed by atoms with Gasteiger partial charge in [0.1, 0.15) is 11.9 Å². The van der Waals surface area contributed by atoms with E-state index in [-0.39, 0.29) is 0 Å². The summed E-state index contributed by atoms with van der Waals surface area (Å²) in [5.41, 5.74) is 1.16. The van der Waals surface area contributed by atoms with Gasteiger partial charge in [0.15, 0.2) is 0 Å². The first-order valence-electron chi connectivity index (χ1n) is 5.29. The van der Waals surface area contributed by atoms with Crippen molar-refractivity contribution in [2.75, 3.05) is 7.05 Å². The van der Waals surface area contributed by atoms with Crippen molar-refractivity contribution in [2.24, 2.45) is 0 Å². The molecule has 0 aromatic heterocycles. The van der Waals surface area contributed by atoms with E-state index in [1.807, 2.05) is 32.2 Å². The summed E-state index contributed by atoms with van der Waals surface area (Å²) in [5.74, 6) is 0.807. The van der Waals surface area contributed by atoms with Gasteiger partial charge in [0.25, 0.3) is 0 Å². The van der Waals surface area contributed by atoms with Gasteiger partial charge in [-0.1, -0.05) is 17.7 Å². The number of rotatable bonds is 3. The van der Waals surface area contributed by atoms with Crippen LogP contribution in [0.3, 0.4) is 0 Å². The highest BCUT2D eigenvalue weighted by Gasteiger charge is 2.29. The molecule has 0 bridgehead atoms. The molecule has 0 heterocycles. The number of halogens is 1. The summed E-state index contributed by atoms with van der Waals surface area (Å²) in [6, 6.07) is 6.52. The molecular formula is C12H16ClNO. The molecule has 1 fully saturated rings. The lowest BCUT2D eigenvalue weighted by atomic mass is 9.89. The highest BCUT2D eigenvalue weighted by atomic mass is 35.5. The van der Waals surface area contributed by atoms with Crippen LogP contribution in [-0.2, 0) is 0 Å². The van der Waals surface area contributed by atoms with E-state index in [0.717, 1.165) is 24.2 Å². The molecule has 1 aromatic carbocycles. The lowest BCUT2D eigenvalue weighted by molar-refractivity contribution is 0.0886. The molecule has 0 spiro atoms. The molecule has 2 nitrogen and oxygen atoms in total. The molecule has 1 N–H and O–H groups in total. The quantitative estimate of drug-likeness (QED) is 0.854. The van der Waals surface area contributed by atoms with Crippen molar-refractivity contribution in [3.8, 4) is 5.75 Å². The summed E-state index contributed by atoms with van der Waals surface area (Å²) >= 11 is 6.08. The maximum Gasteiger partial charge on any atom is 0.138 e. The third-order valence-electron chi connectivity index (χ3n) is 2.88. The summed E-state index contributed by atoms with van der Waals surface area (Å²) in [5, 5.41) is 3.94. The third-order valence-corrected chi connectivity index (χ3v) is 3.18. The van der Waals surface area contributed by atoms with Crippen molar-refractivity contribution >= 4 is 11.6 Å². The smallest absolute Gasteiger partial charge is 0.138 e. The molecule has 2 rings (SSSR count). The highest BCUT2D eigenvalue weighted by Crippen LogP contribution is 2.31. The Morgan fingerprint density at radius 1 is 1.40 bits per heavy atom. The van der Waals surface area contributed by atoms with Crippen molar-refractivity contribution < 1.29 is 4.74 Å². The van der Waals surface area contributed by atoms with Gasteiger partial charge < -0.3 is 10.1 Å². The van der Waals surface area contributed by atoms with Crippen LogP contribution >= 0.6 is 11.6 Å². The minimum absolute atomic E-state index is 0.322. The topological polar surface area (TPSA) is 21.3 Å². The Labute approximate surface area is 95.6 Å². The van der Waals surface area contributed by atoms with E-state index in [2.05, 4.69) is 5.32 Å². The predicted octanol–water partition coefficient (Wildman–Crippen LogP) is 2.78. The number of nitrogens with one attached hydrogen (secondary N) is 1. The van der Waals surface area contributed by atoms with E-state index in [0.29, 0.717) is 17.2 Å². The fourth-order valence-corrected chi connectivity index (χ4v) is 2.06. The second-order valence-corrected chi connectivity index (χ2v) is 4.54. The van der Waals surface area contributed by atoms with Crippen molar-refractivity contribution in [2.45, 2.75) is 31.9 Å². The number of hydrogen-bond donors (Lipinski definition) is 1. The van der Waals surface area contributed by atoms with E-state index in [4.69, 9.17) is 16.3 Å². The van der Waals surface area contributed by atoms with Gasteiger partial charge in [-0.3, -0.25) is 0 Å². The Balaban J connectivity index is 1.94. The summed E-state index contributed by atoms with van der Waals surface area (Å²) in [6.07, 6.45) is 2.46. The van der Waals surface area contributed by atoms with Gasteiger partial charge >= 0.3 is 0 Å². The van der Waals surface area contributed by atoms with Crippen LogP contribution < -0.4 is 10.1 Å². The van der Waals surface area contributed by atoms with Crippen LogP contribution in [0.15, 0.2) is 18.2 Å². The lowest BCUT2D eigenvalue weighted by Crippen LogP contribution is -2.45. The fraction of sp³-hybridized carbons (Fsp3) is 0.500. The van der Waals surface area contributed by atoms with Gasteiger partial charge in [-0.15, -0.1) is 0 Å². The molecule has 0 saturated heterocycles. The van der Waals surface area contributed by atoms with Gasteiger partial charge in [0.2, 0.25) is 0 Å². The molecule has 1 aliphatic carbocycles. The van der Waals surface area contributed by atoms with Crippen LogP contribution in [-0.4, -0.2) is 19.2 Å². The van der Waals surface area contributed by atoms with Crippen molar-refractivity contribution in [1.29, 1.82) is 0 Å². The zero-order valence-corrected chi connectivity index (χ0v) is 9.84. The largest absolute Gasteiger partial charge is 0.489 e. The zero-order chi connectivity index (χ0) is 10.8. The minimum atomic E-state index is 0.322. The fourth-order valence-electron chi connectivity index (χ4n) is 1.78. The highest BCUT2D eigenvalue weighted by molar-refractivity contribution is 6.32. The van der Waals surface area contributed by atoms with Crippen LogP contribution in [0.25, 0.3) is 0 Å². The molecule has 0 atom stereocenters. The standard InChI is InChI=1S/C12H16ClNO/c1-8-3-4-12(11(13)5-8)15-10-6-9(7-10)14-2/h3-5,9-10,14H,6-7H2,1-2H3. The Morgan fingerprint density at radius 2 is 2.13 bits per heavy atom. The van der Waals surface area contributed by atoms with Crippen molar-refractivity contribution in [3.05, 3.63) is 28.8 Å². The van der Waals surface area contributed by atoms with Gasteiger partial charge in [0.05, 0.1) is 5.02 Å². The lowest BCUT2D eigenvalue weighted by Gasteiger charge is -2.35. The van der Waals surface area contributed by atoms with Gasteiger partial charge in [-0.2, -0.15) is 0 Å². The van der Waals surface area contributed by atoms with Crippen LogP contribution in [0, 0.1) is 6.92 Å². The van der Waals surface area contributed by atoms with E-state index >= 15 is 0 Å². The van der Waals surface area contributed by atoms with E-state index < -0.39 is 0 Å². The molecule has 15 heavy (non-hydrogen) atoms. The average molecular weight is 226 g/mol. The average Bonchev–Trinajstić information content (AvgIpc) is 2.13. The Morgan fingerprint density at radius 3 is 2.73 bits per heavy atom. The van der Waals surface area contributed by atoms with Gasteiger partial charge in [-0.05, 0) is 44.5 Å². The summed E-state index contributed by atoms with van der Waals surface area (Å²) in [6.45, 7) is 2.02. The molecule has 0 unspecified atom stereocenters. The monoisotopic (exact) mass is 225 g/mol. The number of benzene rings is 1. The maximum atomic E-state index is 6.08. The number of hydrogen-bond acceptors (Lipinski definition) is 2. The second kappa shape index (κ2) is 4.42. The molecule has 0 aliphatic heterocycles. The molecule has 0 radical (unpaired) electrons. The van der Waals surface area contributed by atoms with Gasteiger partial charge in [0, 0.05) is 6.04 Å². The SMILES string of the molecule is CNC1CC(Oc2ccc(C)cc2Cl)C1. The Hall–Kier alpha value is -0.730. The molecule has 0 amide bonds. The first-order chi connectivity index (χ1) is 7.19. The van der Waals surface area contributed by atoms with Gasteiger partial charge in [-0.25, -0.2) is 0 Å². The van der Waals surface area contributed by atoms with Crippen LogP contribution in [0.2, 0.25) is 5.02 Å². The molecule has 3 heteroatoms. The zero-order valence-electron chi connectivity index (χ0n) is 9.09. The Kier molecular flexibility index (Phi) is 3.17. The number of aryl methyl sites for hydroxylation is 1.